The van der Waals surface area contributed by atoms with Crippen LogP contribution < -0.4 is 10.2 Å². The second-order valence-corrected chi connectivity index (χ2v) is 5.63. The number of hydrogen-bond donors (Lipinski definition) is 1. The number of para-hydroxylation sites is 1. The van der Waals surface area contributed by atoms with Crippen LogP contribution >= 0.6 is 0 Å². The maximum Gasteiger partial charge on any atom is 0.271 e. The fraction of sp³-hybridized carbons (Fsp3) is 0. The molecule has 29 heavy (non-hydrogen) atoms. The van der Waals surface area contributed by atoms with Crippen LogP contribution in [0.2, 0.25) is 0 Å². The molecule has 0 unspecified atom stereocenters. The monoisotopic (exact) mass is 406 g/mol. The van der Waals surface area contributed by atoms with Gasteiger partial charge in [0.2, 0.25) is 5.82 Å². The van der Waals surface area contributed by atoms with Gasteiger partial charge in [-0.15, -0.1) is 0 Å². The van der Waals surface area contributed by atoms with E-state index in [1.54, 1.807) is 36.4 Å². The standard InChI is InChI=1S/C20H11F5N2O2/c21-15-14(16(22)18(24)19(25)17(15)23)10-26-27-20(28)11-5-4-8-13(9-11)29-12-6-2-1-3-7-12/h1-10H,(H,27,28)/b26-10+. The lowest BCUT2D eigenvalue weighted by molar-refractivity contribution is 0.0954. The van der Waals surface area contributed by atoms with Crippen molar-refractivity contribution in [2.45, 2.75) is 0 Å². The van der Waals surface area contributed by atoms with E-state index < -0.39 is 40.6 Å². The largest absolute Gasteiger partial charge is 0.457 e. The van der Waals surface area contributed by atoms with Crippen LogP contribution in [0.5, 0.6) is 11.5 Å². The number of nitrogens with one attached hydrogen (secondary N) is 1. The van der Waals surface area contributed by atoms with Gasteiger partial charge in [-0.2, -0.15) is 5.10 Å². The molecule has 0 atom stereocenters. The third-order valence-corrected chi connectivity index (χ3v) is 3.68. The molecule has 0 saturated heterocycles. The number of hydrazone groups is 1. The Labute approximate surface area is 161 Å². The molecular formula is C20H11F5N2O2. The number of carbonyl (C=O) groups excluding carboxylic acids is 1. The van der Waals surface area contributed by atoms with E-state index in [2.05, 4.69) is 5.10 Å². The number of benzene rings is 3. The second-order valence-electron chi connectivity index (χ2n) is 5.63. The van der Waals surface area contributed by atoms with Gasteiger partial charge in [0.25, 0.3) is 5.91 Å². The van der Waals surface area contributed by atoms with E-state index in [1.807, 2.05) is 5.43 Å². The highest BCUT2D eigenvalue weighted by molar-refractivity contribution is 5.95. The number of carbonyl (C=O) groups is 1. The highest BCUT2D eigenvalue weighted by Gasteiger charge is 2.24. The van der Waals surface area contributed by atoms with Gasteiger partial charge in [0.05, 0.1) is 11.8 Å². The summed E-state index contributed by atoms with van der Waals surface area (Å²) in [6.07, 6.45) is 0.332. The molecule has 9 heteroatoms. The molecule has 1 N–H and O–H groups in total. The van der Waals surface area contributed by atoms with Crippen molar-refractivity contribution in [1.82, 2.24) is 5.43 Å². The summed E-state index contributed by atoms with van der Waals surface area (Å²) in [5, 5.41) is 3.26. The van der Waals surface area contributed by atoms with E-state index in [9.17, 15) is 26.7 Å². The van der Waals surface area contributed by atoms with Crippen LogP contribution in [0.15, 0.2) is 59.7 Å². The molecule has 0 fully saturated rings. The molecule has 0 aliphatic heterocycles. The first-order chi connectivity index (χ1) is 13.9. The van der Waals surface area contributed by atoms with Crippen molar-refractivity contribution in [1.29, 1.82) is 0 Å². The molecular weight excluding hydrogens is 395 g/mol. The normalized spacial score (nSPS) is 10.9. The number of halogens is 5. The lowest BCUT2D eigenvalue weighted by atomic mass is 10.2. The minimum atomic E-state index is -2.28. The third kappa shape index (κ3) is 4.40. The van der Waals surface area contributed by atoms with Gasteiger partial charge in [0, 0.05) is 5.56 Å². The zero-order valence-corrected chi connectivity index (χ0v) is 14.4. The third-order valence-electron chi connectivity index (χ3n) is 3.68. The molecule has 1 amide bonds. The van der Waals surface area contributed by atoms with E-state index in [0.29, 0.717) is 17.7 Å². The smallest absolute Gasteiger partial charge is 0.271 e. The van der Waals surface area contributed by atoms with Gasteiger partial charge in [-0.1, -0.05) is 24.3 Å². The van der Waals surface area contributed by atoms with Crippen molar-refractivity contribution >= 4 is 12.1 Å². The first kappa shape index (κ1) is 20.0. The molecule has 0 bridgehead atoms. The van der Waals surface area contributed by atoms with Crippen LogP contribution in [-0.4, -0.2) is 12.1 Å². The summed E-state index contributed by atoms with van der Waals surface area (Å²) >= 11 is 0. The van der Waals surface area contributed by atoms with Crippen LogP contribution in [0.3, 0.4) is 0 Å². The van der Waals surface area contributed by atoms with Crippen molar-refractivity contribution in [3.63, 3.8) is 0 Å². The molecule has 0 aromatic heterocycles. The van der Waals surface area contributed by atoms with Crippen molar-refractivity contribution < 1.29 is 31.5 Å². The Morgan fingerprint density at radius 3 is 2.03 bits per heavy atom. The van der Waals surface area contributed by atoms with Crippen molar-refractivity contribution in [3.05, 3.63) is 94.8 Å². The molecule has 3 rings (SSSR count). The molecule has 3 aromatic carbocycles. The Kier molecular flexibility index (Phi) is 5.87. The number of amides is 1. The maximum atomic E-state index is 13.6. The molecule has 4 nitrogen and oxygen atoms in total. The van der Waals surface area contributed by atoms with Crippen LogP contribution in [-0.2, 0) is 0 Å². The molecule has 0 aliphatic carbocycles. The SMILES string of the molecule is O=C(N/N=C/c1c(F)c(F)c(F)c(F)c1F)c1cccc(Oc2ccccc2)c1. The predicted octanol–water partition coefficient (Wildman–Crippen LogP) is 4.94. The minimum absolute atomic E-state index is 0.0907. The van der Waals surface area contributed by atoms with Crippen LogP contribution in [0.4, 0.5) is 22.0 Å². The maximum absolute atomic E-state index is 13.6. The average Bonchev–Trinajstić information content (AvgIpc) is 2.74. The fourth-order valence-electron chi connectivity index (χ4n) is 2.28. The van der Waals surface area contributed by atoms with Crippen molar-refractivity contribution in [2.75, 3.05) is 0 Å². The molecule has 0 radical (unpaired) electrons. The zero-order chi connectivity index (χ0) is 21.0. The highest BCUT2D eigenvalue weighted by Crippen LogP contribution is 2.23. The van der Waals surface area contributed by atoms with E-state index in [-0.39, 0.29) is 5.56 Å². The van der Waals surface area contributed by atoms with E-state index in [0.717, 1.165) is 0 Å². The lowest BCUT2D eigenvalue weighted by Gasteiger charge is -2.07. The zero-order valence-electron chi connectivity index (χ0n) is 14.4. The Bertz CT molecular complexity index is 1060. The van der Waals surface area contributed by atoms with Gasteiger partial charge < -0.3 is 4.74 Å². The topological polar surface area (TPSA) is 50.7 Å². The number of rotatable bonds is 5. The molecule has 0 heterocycles. The Morgan fingerprint density at radius 1 is 0.793 bits per heavy atom. The number of nitrogens with zero attached hydrogens (tertiary/aromatic N) is 1. The van der Waals surface area contributed by atoms with E-state index >= 15 is 0 Å². The summed E-state index contributed by atoms with van der Waals surface area (Å²) in [6.45, 7) is 0. The second kappa shape index (κ2) is 8.51. The Balaban J connectivity index is 1.74. The molecule has 0 spiro atoms. The first-order valence-corrected chi connectivity index (χ1v) is 8.06. The van der Waals surface area contributed by atoms with Gasteiger partial charge >= 0.3 is 0 Å². The summed E-state index contributed by atoms with van der Waals surface area (Å²) in [5.41, 5.74) is 0.765. The number of ether oxygens (including phenoxy) is 1. The Morgan fingerprint density at radius 2 is 1.38 bits per heavy atom. The lowest BCUT2D eigenvalue weighted by Crippen LogP contribution is -2.18. The summed E-state index contributed by atoms with van der Waals surface area (Å²) in [4.78, 5) is 12.1. The summed E-state index contributed by atoms with van der Waals surface area (Å²) in [7, 11) is 0. The first-order valence-electron chi connectivity index (χ1n) is 8.06. The predicted molar refractivity (Wildman–Crippen MR) is 94.3 cm³/mol. The summed E-state index contributed by atoms with van der Waals surface area (Å²) in [6, 6.07) is 14.7. The van der Waals surface area contributed by atoms with Gasteiger partial charge in [0.1, 0.15) is 11.5 Å². The molecule has 0 aliphatic rings. The summed E-state index contributed by atoms with van der Waals surface area (Å²) < 4.78 is 72.0. The highest BCUT2D eigenvalue weighted by atomic mass is 19.2. The molecule has 0 saturated carbocycles. The molecule has 3 aromatic rings. The fourth-order valence-corrected chi connectivity index (χ4v) is 2.28. The summed E-state index contributed by atoms with van der Waals surface area (Å²) in [5.74, 6) is -10.5. The van der Waals surface area contributed by atoms with Crippen LogP contribution in [0.25, 0.3) is 0 Å². The van der Waals surface area contributed by atoms with Gasteiger partial charge in [-0.05, 0) is 30.3 Å². The number of hydrogen-bond acceptors (Lipinski definition) is 3. The minimum Gasteiger partial charge on any atom is -0.457 e. The van der Waals surface area contributed by atoms with E-state index in [1.165, 1.54) is 18.2 Å². The van der Waals surface area contributed by atoms with E-state index in [4.69, 9.17) is 4.74 Å². The molecule has 148 valence electrons. The van der Waals surface area contributed by atoms with Crippen LogP contribution in [0.1, 0.15) is 15.9 Å². The van der Waals surface area contributed by atoms with Gasteiger partial charge in [-0.25, -0.2) is 27.4 Å². The average molecular weight is 406 g/mol. The van der Waals surface area contributed by atoms with Crippen molar-refractivity contribution in [2.24, 2.45) is 5.10 Å². The van der Waals surface area contributed by atoms with Crippen LogP contribution in [0, 0.1) is 29.1 Å². The van der Waals surface area contributed by atoms with Gasteiger partial charge in [0.15, 0.2) is 23.3 Å². The Hall–Kier alpha value is -3.75. The quantitative estimate of drug-likeness (QED) is 0.215. The van der Waals surface area contributed by atoms with Crippen molar-refractivity contribution in [3.8, 4) is 11.5 Å². The van der Waals surface area contributed by atoms with Gasteiger partial charge in [-0.3, -0.25) is 4.79 Å².